The van der Waals surface area contributed by atoms with Crippen LogP contribution in [0, 0.1) is 5.92 Å². The summed E-state index contributed by atoms with van der Waals surface area (Å²) in [5.41, 5.74) is 2.20. The molecule has 1 aliphatic carbocycles. The van der Waals surface area contributed by atoms with Crippen LogP contribution >= 0.6 is 11.6 Å². The number of urea groups is 1. The predicted octanol–water partition coefficient (Wildman–Crippen LogP) is 4.98. The van der Waals surface area contributed by atoms with Gasteiger partial charge in [0.1, 0.15) is 11.3 Å². The zero-order valence-corrected chi connectivity index (χ0v) is 18.1. The minimum absolute atomic E-state index is 0.178. The molecule has 0 unspecified atom stereocenters. The van der Waals surface area contributed by atoms with E-state index in [2.05, 4.69) is 21.6 Å². The summed E-state index contributed by atoms with van der Waals surface area (Å²) in [4.78, 5) is 14.8. The van der Waals surface area contributed by atoms with Gasteiger partial charge in [0, 0.05) is 17.6 Å². The maximum Gasteiger partial charge on any atom is 0.319 e. The highest BCUT2D eigenvalue weighted by atomic mass is 35.5. The average molecular weight is 432 g/mol. The Morgan fingerprint density at radius 1 is 1.20 bits per heavy atom. The number of aliphatic hydroxyl groups is 1. The number of piperidine rings is 1. The first-order valence-electron chi connectivity index (χ1n) is 11.3. The van der Waals surface area contributed by atoms with Gasteiger partial charge in [-0.3, -0.25) is 4.90 Å². The molecule has 5 rings (SSSR count). The number of furan rings is 1. The number of hydrogen-bond acceptors (Lipinski definition) is 4. The quantitative estimate of drug-likeness (QED) is 0.638. The van der Waals surface area contributed by atoms with E-state index in [0.717, 1.165) is 86.9 Å². The Labute approximate surface area is 181 Å². The second-order valence-electron chi connectivity index (χ2n) is 9.19. The van der Waals surface area contributed by atoms with Gasteiger partial charge in [-0.05, 0) is 63.2 Å². The van der Waals surface area contributed by atoms with Crippen LogP contribution in [-0.4, -0.2) is 35.7 Å². The van der Waals surface area contributed by atoms with Crippen molar-refractivity contribution in [3.8, 4) is 0 Å². The second-order valence-corrected chi connectivity index (χ2v) is 9.60. The molecular formula is C23H30ClN3O3. The molecule has 162 valence electrons. The lowest BCUT2D eigenvalue weighted by molar-refractivity contribution is 0.146. The first-order valence-corrected chi connectivity index (χ1v) is 11.6. The summed E-state index contributed by atoms with van der Waals surface area (Å²) in [5, 5.41) is 16.9. The van der Waals surface area contributed by atoms with Gasteiger partial charge in [-0.1, -0.05) is 30.9 Å². The van der Waals surface area contributed by atoms with Crippen LogP contribution in [0.4, 0.5) is 10.5 Å². The highest BCUT2D eigenvalue weighted by molar-refractivity contribution is 6.35. The van der Waals surface area contributed by atoms with Gasteiger partial charge >= 0.3 is 6.03 Å². The average Bonchev–Trinajstić information content (AvgIpc) is 3.12. The highest BCUT2D eigenvalue weighted by Gasteiger charge is 2.43. The minimum Gasteiger partial charge on any atom is -0.459 e. The van der Waals surface area contributed by atoms with Crippen molar-refractivity contribution in [1.82, 2.24) is 10.2 Å². The number of nitrogens with zero attached hydrogens (tertiary/aromatic N) is 1. The van der Waals surface area contributed by atoms with Gasteiger partial charge in [0.15, 0.2) is 0 Å². The molecule has 1 saturated carbocycles. The number of hydrogen-bond donors (Lipinski definition) is 3. The third-order valence-electron chi connectivity index (χ3n) is 7.21. The number of likely N-dealkylation sites (tertiary alicyclic amines) is 1. The molecular weight excluding hydrogens is 402 g/mol. The smallest absolute Gasteiger partial charge is 0.319 e. The van der Waals surface area contributed by atoms with Crippen LogP contribution in [0.5, 0.6) is 0 Å². The fourth-order valence-corrected chi connectivity index (χ4v) is 5.91. The molecule has 1 aromatic heterocycles. The second kappa shape index (κ2) is 8.06. The molecule has 2 aromatic rings. The van der Waals surface area contributed by atoms with Crippen molar-refractivity contribution in [3.05, 3.63) is 28.5 Å². The molecule has 1 saturated heterocycles. The minimum atomic E-state index is -0.392. The van der Waals surface area contributed by atoms with Crippen LogP contribution in [0.1, 0.15) is 62.7 Å². The van der Waals surface area contributed by atoms with E-state index in [1.54, 1.807) is 0 Å². The van der Waals surface area contributed by atoms with E-state index in [0.29, 0.717) is 16.6 Å². The molecule has 2 fully saturated rings. The summed E-state index contributed by atoms with van der Waals surface area (Å²) in [6.45, 7) is 3.12. The Morgan fingerprint density at radius 3 is 2.70 bits per heavy atom. The van der Waals surface area contributed by atoms with Gasteiger partial charge in [-0.2, -0.15) is 0 Å². The van der Waals surface area contributed by atoms with Crippen molar-refractivity contribution in [2.75, 3.05) is 25.0 Å². The van der Waals surface area contributed by atoms with Crippen LogP contribution in [0.3, 0.4) is 0 Å². The summed E-state index contributed by atoms with van der Waals surface area (Å²) >= 11 is 6.62. The fraction of sp³-hybridized carbons (Fsp3) is 0.609. The number of carbonyl (C=O) groups excluding carboxylic acids is 1. The van der Waals surface area contributed by atoms with Crippen molar-refractivity contribution < 1.29 is 14.3 Å². The maximum absolute atomic E-state index is 12.4. The monoisotopic (exact) mass is 431 g/mol. The Kier molecular flexibility index (Phi) is 5.42. The zero-order chi connectivity index (χ0) is 20.7. The molecule has 7 heteroatoms. The van der Waals surface area contributed by atoms with Gasteiger partial charge in [-0.25, -0.2) is 4.79 Å². The molecule has 3 heterocycles. The largest absolute Gasteiger partial charge is 0.459 e. The number of anilines is 1. The highest BCUT2D eigenvalue weighted by Crippen LogP contribution is 2.49. The lowest BCUT2D eigenvalue weighted by atomic mass is 9.74. The maximum atomic E-state index is 12.4. The standard InChI is InChI=1S/C23H30ClN3O3/c24-18-13-16-12-17(14-27-9-4-15(5-10-27)6-11-28)30-21(16)19-20(18)25-22(29)26-23(19)7-2-1-3-8-23/h12-13,15,28H,1-11,14H2,(H2,25,26,29). The topological polar surface area (TPSA) is 77.7 Å². The fourth-order valence-electron chi connectivity index (χ4n) is 5.65. The predicted molar refractivity (Wildman–Crippen MR) is 118 cm³/mol. The van der Waals surface area contributed by atoms with Gasteiger partial charge in [0.25, 0.3) is 0 Å². The van der Waals surface area contributed by atoms with E-state index >= 15 is 0 Å². The summed E-state index contributed by atoms with van der Waals surface area (Å²) in [7, 11) is 0. The van der Waals surface area contributed by atoms with Crippen molar-refractivity contribution >= 4 is 34.3 Å². The SMILES string of the molecule is O=C1Nc2c(Cl)cc3cc(CN4CCC(CCO)CC4)oc3c2C2(CCCCC2)N1. The Hall–Kier alpha value is -1.76. The number of aliphatic hydroxyl groups excluding tert-OH is 1. The molecule has 6 nitrogen and oxygen atoms in total. The van der Waals surface area contributed by atoms with Crippen molar-refractivity contribution in [3.63, 3.8) is 0 Å². The molecule has 3 aliphatic rings. The van der Waals surface area contributed by atoms with Gasteiger partial charge in [-0.15, -0.1) is 0 Å². The number of carbonyl (C=O) groups is 1. The van der Waals surface area contributed by atoms with Crippen LogP contribution in [0.2, 0.25) is 5.02 Å². The zero-order valence-electron chi connectivity index (χ0n) is 17.3. The summed E-state index contributed by atoms with van der Waals surface area (Å²) in [5.74, 6) is 1.58. The number of nitrogens with one attached hydrogen (secondary N) is 2. The van der Waals surface area contributed by atoms with E-state index < -0.39 is 5.54 Å². The molecule has 0 bridgehead atoms. The summed E-state index contributed by atoms with van der Waals surface area (Å²) in [6, 6.07) is 3.84. The number of rotatable bonds is 4. The van der Waals surface area contributed by atoms with Crippen LogP contribution in [0.15, 0.2) is 16.5 Å². The Bertz CT molecular complexity index is 943. The Morgan fingerprint density at radius 2 is 1.97 bits per heavy atom. The first-order chi connectivity index (χ1) is 14.6. The molecule has 2 aliphatic heterocycles. The van der Waals surface area contributed by atoms with Crippen molar-refractivity contribution in [1.29, 1.82) is 0 Å². The van der Waals surface area contributed by atoms with E-state index in [4.69, 9.17) is 16.0 Å². The van der Waals surface area contributed by atoms with Gasteiger partial charge in [0.05, 0.1) is 22.8 Å². The summed E-state index contributed by atoms with van der Waals surface area (Å²) < 4.78 is 6.43. The number of fused-ring (bicyclic) bond motifs is 4. The molecule has 0 atom stereocenters. The van der Waals surface area contributed by atoms with Gasteiger partial charge in [0.2, 0.25) is 0 Å². The molecule has 1 aromatic carbocycles. The van der Waals surface area contributed by atoms with Gasteiger partial charge < -0.3 is 20.2 Å². The lowest BCUT2D eigenvalue weighted by Crippen LogP contribution is -2.52. The molecule has 30 heavy (non-hydrogen) atoms. The van der Waals surface area contributed by atoms with Crippen LogP contribution in [0.25, 0.3) is 11.0 Å². The normalized spacial score (nSPS) is 22.1. The Balaban J connectivity index is 1.47. The number of amides is 2. The third-order valence-corrected chi connectivity index (χ3v) is 7.51. The van der Waals surface area contributed by atoms with E-state index in [1.807, 2.05) is 6.07 Å². The summed E-state index contributed by atoms with van der Waals surface area (Å²) in [6.07, 6.45) is 8.36. The van der Waals surface area contributed by atoms with Crippen molar-refractivity contribution in [2.45, 2.75) is 63.5 Å². The first kappa shape index (κ1) is 20.2. The van der Waals surface area contributed by atoms with Crippen LogP contribution < -0.4 is 10.6 Å². The molecule has 2 amide bonds. The van der Waals surface area contributed by atoms with E-state index in [-0.39, 0.29) is 12.6 Å². The molecule has 1 spiro atoms. The van der Waals surface area contributed by atoms with E-state index in [1.165, 1.54) is 6.42 Å². The lowest BCUT2D eigenvalue weighted by Gasteiger charge is -2.42. The number of halogens is 1. The van der Waals surface area contributed by atoms with E-state index in [9.17, 15) is 9.90 Å². The van der Waals surface area contributed by atoms with Crippen molar-refractivity contribution in [2.24, 2.45) is 5.92 Å². The third kappa shape index (κ3) is 3.59. The molecule has 3 N–H and O–H groups in total. The molecule has 0 radical (unpaired) electrons. The number of benzene rings is 1. The van der Waals surface area contributed by atoms with Crippen LogP contribution in [-0.2, 0) is 12.1 Å².